The summed E-state index contributed by atoms with van der Waals surface area (Å²) >= 11 is 0. The van der Waals surface area contributed by atoms with E-state index in [-0.39, 0.29) is 34.5 Å². The second-order valence-corrected chi connectivity index (χ2v) is 9.27. The number of rotatable bonds is 8. The minimum absolute atomic E-state index is 0.0155. The van der Waals surface area contributed by atoms with Crippen LogP contribution in [0.5, 0.6) is 0 Å². The number of ether oxygens (including phenoxy) is 3. The summed E-state index contributed by atoms with van der Waals surface area (Å²) in [7, 11) is 0. The summed E-state index contributed by atoms with van der Waals surface area (Å²) in [5, 5.41) is 0. The van der Waals surface area contributed by atoms with Crippen LogP contribution in [-0.4, -0.2) is 32.0 Å². The lowest BCUT2D eigenvalue weighted by atomic mass is 9.93. The fourth-order valence-electron chi connectivity index (χ4n) is 4.91. The second kappa shape index (κ2) is 11.7. The first-order valence-electron chi connectivity index (χ1n) is 12.3. The van der Waals surface area contributed by atoms with E-state index in [1.54, 1.807) is 0 Å². The molecule has 3 nitrogen and oxygen atoms in total. The van der Waals surface area contributed by atoms with Crippen molar-refractivity contribution in [3.8, 4) is 11.1 Å². The van der Waals surface area contributed by atoms with E-state index in [1.807, 2.05) is 13.0 Å². The van der Waals surface area contributed by atoms with Crippen molar-refractivity contribution >= 4 is 0 Å². The molecular weight excluding hydrogens is 460 g/mol. The standard InChI is InChI=1S/C28H32F4O3/c1-3-17-5-8-19(34-15-17)9-6-18-7-11-21(26(30)25(18)29)22-12-13-23(28(32)27(22)31)24-14-10-20(16-35-24)33-4-2/h3,7,11-13,17,19-20,24H,1,4-6,8-10,14-16H2,2H3. The molecule has 0 amide bonds. The van der Waals surface area contributed by atoms with Crippen molar-refractivity contribution in [3.05, 3.63) is 71.3 Å². The van der Waals surface area contributed by atoms with Gasteiger partial charge in [0.25, 0.3) is 0 Å². The van der Waals surface area contributed by atoms with Crippen LogP contribution < -0.4 is 0 Å². The zero-order chi connectivity index (χ0) is 24.9. The molecule has 2 aliphatic rings. The topological polar surface area (TPSA) is 27.7 Å². The second-order valence-electron chi connectivity index (χ2n) is 9.27. The largest absolute Gasteiger partial charge is 0.378 e. The highest BCUT2D eigenvalue weighted by Gasteiger charge is 2.28. The van der Waals surface area contributed by atoms with Crippen molar-refractivity contribution in [3.63, 3.8) is 0 Å². The van der Waals surface area contributed by atoms with Crippen LogP contribution >= 0.6 is 0 Å². The molecule has 4 rings (SSSR count). The molecule has 7 heteroatoms. The number of hydrogen-bond donors (Lipinski definition) is 0. The van der Waals surface area contributed by atoms with Crippen LogP contribution in [0.3, 0.4) is 0 Å². The lowest BCUT2D eigenvalue weighted by Gasteiger charge is -2.29. The first-order chi connectivity index (χ1) is 16.9. The lowest BCUT2D eigenvalue weighted by Crippen LogP contribution is -2.28. The van der Waals surface area contributed by atoms with E-state index < -0.39 is 29.4 Å². The van der Waals surface area contributed by atoms with Crippen LogP contribution in [0.2, 0.25) is 0 Å². The van der Waals surface area contributed by atoms with Gasteiger partial charge >= 0.3 is 0 Å². The smallest absolute Gasteiger partial charge is 0.167 e. The summed E-state index contributed by atoms with van der Waals surface area (Å²) in [5.41, 5.74) is -0.358. The molecule has 2 fully saturated rings. The number of benzene rings is 2. The molecule has 190 valence electrons. The van der Waals surface area contributed by atoms with Gasteiger partial charge in [0.1, 0.15) is 0 Å². The summed E-state index contributed by atoms with van der Waals surface area (Å²) in [4.78, 5) is 0. The van der Waals surface area contributed by atoms with Crippen LogP contribution in [-0.2, 0) is 20.6 Å². The van der Waals surface area contributed by atoms with E-state index in [1.165, 1.54) is 24.3 Å². The Balaban J connectivity index is 1.46. The zero-order valence-corrected chi connectivity index (χ0v) is 20.0. The molecule has 0 spiro atoms. The summed E-state index contributed by atoms with van der Waals surface area (Å²) < 4.78 is 76.7. The Labute approximate surface area is 204 Å². The SMILES string of the molecule is C=CC1CCC(CCc2ccc(-c3ccc(C4CCC(OCC)CO4)c(F)c3F)c(F)c2F)OC1. The molecule has 2 saturated heterocycles. The molecule has 35 heavy (non-hydrogen) atoms. The summed E-state index contributed by atoms with van der Waals surface area (Å²) in [6.07, 6.45) is 5.00. The Kier molecular flexibility index (Phi) is 8.63. The summed E-state index contributed by atoms with van der Waals surface area (Å²) in [5.74, 6) is -4.20. The summed E-state index contributed by atoms with van der Waals surface area (Å²) in [6, 6.07) is 5.42. The van der Waals surface area contributed by atoms with Gasteiger partial charge in [0.05, 0.1) is 31.5 Å². The average molecular weight is 493 g/mol. The normalized spacial score (nSPS) is 24.9. The van der Waals surface area contributed by atoms with Gasteiger partial charge in [-0.2, -0.15) is 0 Å². The molecule has 2 heterocycles. The fraction of sp³-hybridized carbons (Fsp3) is 0.500. The van der Waals surface area contributed by atoms with Crippen LogP contribution in [0.25, 0.3) is 11.1 Å². The fourth-order valence-corrected chi connectivity index (χ4v) is 4.91. The van der Waals surface area contributed by atoms with Gasteiger partial charge < -0.3 is 14.2 Å². The molecule has 2 aromatic rings. The molecule has 4 atom stereocenters. The third-order valence-corrected chi connectivity index (χ3v) is 7.02. The van der Waals surface area contributed by atoms with Crippen molar-refractivity contribution in [1.82, 2.24) is 0 Å². The molecule has 2 aromatic carbocycles. The number of hydrogen-bond acceptors (Lipinski definition) is 3. The van der Waals surface area contributed by atoms with Crippen molar-refractivity contribution < 1.29 is 31.8 Å². The first kappa shape index (κ1) is 25.9. The Morgan fingerprint density at radius 3 is 2.26 bits per heavy atom. The zero-order valence-electron chi connectivity index (χ0n) is 20.0. The number of aryl methyl sites for hydroxylation is 1. The van der Waals surface area contributed by atoms with E-state index in [0.29, 0.717) is 51.4 Å². The van der Waals surface area contributed by atoms with Gasteiger partial charge in [-0.15, -0.1) is 6.58 Å². The Morgan fingerprint density at radius 2 is 1.63 bits per heavy atom. The quantitative estimate of drug-likeness (QED) is 0.291. The highest BCUT2D eigenvalue weighted by molar-refractivity contribution is 5.66. The van der Waals surface area contributed by atoms with E-state index in [0.717, 1.165) is 12.8 Å². The van der Waals surface area contributed by atoms with Crippen molar-refractivity contribution in [2.24, 2.45) is 5.92 Å². The molecule has 2 aliphatic heterocycles. The highest BCUT2D eigenvalue weighted by Crippen LogP contribution is 2.36. The van der Waals surface area contributed by atoms with Crippen molar-refractivity contribution in [2.75, 3.05) is 19.8 Å². The van der Waals surface area contributed by atoms with Crippen molar-refractivity contribution in [1.29, 1.82) is 0 Å². The molecule has 0 saturated carbocycles. The predicted octanol–water partition coefficient (Wildman–Crippen LogP) is 7.08. The van der Waals surface area contributed by atoms with Gasteiger partial charge in [-0.3, -0.25) is 0 Å². The molecule has 0 aliphatic carbocycles. The van der Waals surface area contributed by atoms with Crippen LogP contribution in [0.1, 0.15) is 56.3 Å². The third kappa shape index (κ3) is 5.79. The average Bonchev–Trinajstić information content (AvgIpc) is 2.88. The van der Waals surface area contributed by atoms with Gasteiger partial charge in [0.15, 0.2) is 23.3 Å². The van der Waals surface area contributed by atoms with E-state index >= 15 is 0 Å². The Morgan fingerprint density at radius 1 is 0.886 bits per heavy atom. The maximum absolute atomic E-state index is 15.0. The van der Waals surface area contributed by atoms with E-state index in [9.17, 15) is 17.6 Å². The van der Waals surface area contributed by atoms with E-state index in [2.05, 4.69) is 6.58 Å². The highest BCUT2D eigenvalue weighted by atomic mass is 19.2. The molecule has 0 bridgehead atoms. The first-order valence-corrected chi connectivity index (χ1v) is 12.3. The Hall–Kier alpha value is -2.22. The minimum Gasteiger partial charge on any atom is -0.378 e. The van der Waals surface area contributed by atoms with Gasteiger partial charge in [-0.1, -0.05) is 30.3 Å². The van der Waals surface area contributed by atoms with Crippen LogP contribution in [0.15, 0.2) is 36.9 Å². The van der Waals surface area contributed by atoms with Crippen molar-refractivity contribution in [2.45, 2.75) is 63.8 Å². The maximum Gasteiger partial charge on any atom is 0.167 e. The molecule has 0 radical (unpaired) electrons. The predicted molar refractivity (Wildman–Crippen MR) is 126 cm³/mol. The molecule has 4 unspecified atom stereocenters. The van der Waals surface area contributed by atoms with E-state index in [4.69, 9.17) is 14.2 Å². The number of halogens is 4. The van der Waals surface area contributed by atoms with Gasteiger partial charge in [-0.05, 0) is 51.0 Å². The monoisotopic (exact) mass is 492 g/mol. The van der Waals surface area contributed by atoms with Crippen LogP contribution in [0, 0.1) is 29.2 Å². The summed E-state index contributed by atoms with van der Waals surface area (Å²) in [6.45, 7) is 7.10. The Bertz CT molecular complexity index is 1030. The van der Waals surface area contributed by atoms with Crippen LogP contribution in [0.4, 0.5) is 17.6 Å². The molecule has 0 aromatic heterocycles. The van der Waals surface area contributed by atoms with Gasteiger partial charge in [0, 0.05) is 29.2 Å². The molecular formula is C28H32F4O3. The maximum atomic E-state index is 15.0. The minimum atomic E-state index is -1.21. The van der Waals surface area contributed by atoms with Gasteiger partial charge in [0.2, 0.25) is 0 Å². The lowest BCUT2D eigenvalue weighted by molar-refractivity contribution is -0.0850. The van der Waals surface area contributed by atoms with Gasteiger partial charge in [-0.25, -0.2) is 17.6 Å². The third-order valence-electron chi connectivity index (χ3n) is 7.02. The molecule has 0 N–H and O–H groups in total.